The molecule has 2 aliphatic rings. The van der Waals surface area contributed by atoms with Gasteiger partial charge in [0.05, 0.1) is 37.4 Å². The molecule has 1 saturated heterocycles. The van der Waals surface area contributed by atoms with Gasteiger partial charge in [0.2, 0.25) is 5.88 Å². The van der Waals surface area contributed by atoms with E-state index < -0.39 is 0 Å². The largest absolute Gasteiger partial charge is 0.741 e. The summed E-state index contributed by atoms with van der Waals surface area (Å²) in [4.78, 5) is 20.4. The Morgan fingerprint density at radius 3 is 2.66 bits per heavy atom. The average molecular weight is 559 g/mol. The van der Waals surface area contributed by atoms with E-state index in [9.17, 15) is 5.21 Å². The second kappa shape index (κ2) is 12.0. The standard InChI is InChI=1S/C29H34N8O4/c1-35-21(17-32-29(35)36(2)38)19-40-23-15-24-25(31-18-23)16-27(37-11-13-39-14-12-37)34-28(24)41-22-8-6-20(7-9-22)33-26-5-3-4-10-30-26/h3-5,10,15-18,20,22H,2,6-9,11-14,19H2,1H3,(H,30,33)/t20-,22+. The fourth-order valence-corrected chi connectivity index (χ4v) is 5.28. The number of pyridine rings is 3. The van der Waals surface area contributed by atoms with Gasteiger partial charge in [0.15, 0.2) is 5.69 Å². The van der Waals surface area contributed by atoms with Crippen molar-refractivity contribution in [2.75, 3.05) is 36.5 Å². The minimum Gasteiger partial charge on any atom is -0.741 e. The molecule has 41 heavy (non-hydrogen) atoms. The first kappa shape index (κ1) is 26.8. The first-order valence-corrected chi connectivity index (χ1v) is 13.9. The maximum atomic E-state index is 11.6. The predicted octanol–water partition coefficient (Wildman–Crippen LogP) is 3.82. The Bertz CT molecular complexity index is 1500. The number of hydrogen-bond acceptors (Lipinski definition) is 10. The fourth-order valence-electron chi connectivity index (χ4n) is 5.28. The van der Waals surface area contributed by atoms with Gasteiger partial charge in [0, 0.05) is 38.1 Å². The van der Waals surface area contributed by atoms with E-state index in [0.717, 1.165) is 67.0 Å². The summed E-state index contributed by atoms with van der Waals surface area (Å²) < 4.78 is 20.3. The molecule has 1 aliphatic heterocycles. The lowest BCUT2D eigenvalue weighted by Crippen LogP contribution is -2.37. The predicted molar refractivity (Wildman–Crippen MR) is 155 cm³/mol. The number of morpholine rings is 1. The van der Waals surface area contributed by atoms with Crippen LogP contribution in [0.3, 0.4) is 0 Å². The van der Waals surface area contributed by atoms with Crippen molar-refractivity contribution in [1.29, 1.82) is 0 Å². The number of nitrogens with zero attached hydrogens (tertiary/aromatic N) is 7. The van der Waals surface area contributed by atoms with Crippen LogP contribution in [-0.4, -0.2) is 74.4 Å². The molecule has 0 atom stereocenters. The van der Waals surface area contributed by atoms with Gasteiger partial charge in [-0.05, 0) is 43.9 Å². The summed E-state index contributed by atoms with van der Waals surface area (Å²) in [5.74, 6) is 3.08. The van der Waals surface area contributed by atoms with Crippen LogP contribution in [-0.2, 0) is 18.4 Å². The molecule has 12 nitrogen and oxygen atoms in total. The van der Waals surface area contributed by atoms with E-state index in [-0.39, 0.29) is 18.7 Å². The van der Waals surface area contributed by atoms with Crippen molar-refractivity contribution in [2.24, 2.45) is 7.05 Å². The molecule has 4 aromatic rings. The van der Waals surface area contributed by atoms with Crippen LogP contribution in [0.2, 0.25) is 0 Å². The van der Waals surface area contributed by atoms with Crippen LogP contribution in [0.4, 0.5) is 17.6 Å². The van der Waals surface area contributed by atoms with Gasteiger partial charge in [-0.3, -0.25) is 9.72 Å². The second-order valence-electron chi connectivity index (χ2n) is 10.3. The van der Waals surface area contributed by atoms with Crippen molar-refractivity contribution < 1.29 is 18.9 Å². The Labute approximate surface area is 238 Å². The molecular weight excluding hydrogens is 524 g/mol. The molecule has 1 saturated carbocycles. The van der Waals surface area contributed by atoms with Crippen LogP contribution in [0, 0.1) is 5.21 Å². The van der Waals surface area contributed by atoms with Crippen molar-refractivity contribution in [2.45, 2.75) is 44.4 Å². The van der Waals surface area contributed by atoms with Gasteiger partial charge in [-0.2, -0.15) is 4.98 Å². The highest BCUT2D eigenvalue weighted by molar-refractivity contribution is 5.87. The first-order valence-electron chi connectivity index (χ1n) is 13.9. The maximum absolute atomic E-state index is 11.6. The zero-order valence-electron chi connectivity index (χ0n) is 23.1. The number of imidazole rings is 1. The summed E-state index contributed by atoms with van der Waals surface area (Å²) in [6, 6.07) is 10.2. The van der Waals surface area contributed by atoms with Crippen LogP contribution in [0.5, 0.6) is 11.6 Å². The summed E-state index contributed by atoms with van der Waals surface area (Å²) >= 11 is 0. The Kier molecular flexibility index (Phi) is 7.81. The van der Waals surface area contributed by atoms with Crippen LogP contribution >= 0.6 is 0 Å². The molecule has 12 heteroatoms. The molecule has 0 amide bonds. The normalized spacial score (nSPS) is 19.2. The van der Waals surface area contributed by atoms with Gasteiger partial charge in [0.25, 0.3) is 0 Å². The summed E-state index contributed by atoms with van der Waals surface area (Å²) in [6.07, 6.45) is 8.92. The summed E-state index contributed by atoms with van der Waals surface area (Å²) in [5, 5.41) is 15.9. The van der Waals surface area contributed by atoms with Gasteiger partial charge in [-0.15, -0.1) is 0 Å². The molecule has 0 radical (unpaired) electrons. The van der Waals surface area contributed by atoms with Crippen LogP contribution in [0.1, 0.15) is 31.4 Å². The monoisotopic (exact) mass is 558 g/mol. The summed E-state index contributed by atoms with van der Waals surface area (Å²) in [5.41, 5.74) is 1.52. The van der Waals surface area contributed by atoms with E-state index in [2.05, 4.69) is 26.9 Å². The molecule has 6 rings (SSSR count). The highest BCUT2D eigenvalue weighted by atomic mass is 16.5. The maximum Gasteiger partial charge on any atom is 0.398 e. The lowest BCUT2D eigenvalue weighted by atomic mass is 9.93. The Hall–Kier alpha value is -4.45. The second-order valence-corrected chi connectivity index (χ2v) is 10.3. The Balaban J connectivity index is 1.21. The van der Waals surface area contributed by atoms with E-state index in [0.29, 0.717) is 35.6 Å². The highest BCUT2D eigenvalue weighted by Gasteiger charge is 2.25. The number of rotatable bonds is 9. The van der Waals surface area contributed by atoms with Crippen molar-refractivity contribution >= 4 is 35.2 Å². The van der Waals surface area contributed by atoms with Crippen molar-refractivity contribution in [3.8, 4) is 11.6 Å². The van der Waals surface area contributed by atoms with Crippen molar-refractivity contribution in [3.63, 3.8) is 0 Å². The third-order valence-corrected chi connectivity index (χ3v) is 7.58. The number of hydrogen-bond donors (Lipinski definition) is 1. The third kappa shape index (κ3) is 6.17. The van der Waals surface area contributed by atoms with E-state index in [1.54, 1.807) is 30.2 Å². The minimum atomic E-state index is 0.0440. The molecule has 0 spiro atoms. The van der Waals surface area contributed by atoms with E-state index in [4.69, 9.17) is 24.2 Å². The van der Waals surface area contributed by atoms with E-state index >= 15 is 0 Å². The van der Waals surface area contributed by atoms with Gasteiger partial charge in [-0.25, -0.2) is 9.55 Å². The molecule has 214 valence electrons. The fraction of sp³-hybridized carbons (Fsp3) is 0.414. The van der Waals surface area contributed by atoms with Gasteiger partial charge < -0.3 is 29.6 Å². The molecule has 0 bridgehead atoms. The Morgan fingerprint density at radius 2 is 1.93 bits per heavy atom. The smallest absolute Gasteiger partial charge is 0.398 e. The number of nitrogens with one attached hydrogen (secondary N) is 1. The number of aromatic nitrogens is 5. The minimum absolute atomic E-state index is 0.0440. The summed E-state index contributed by atoms with van der Waals surface area (Å²) in [7, 11) is 1.75. The number of ether oxygens (including phenoxy) is 3. The van der Waals surface area contributed by atoms with E-state index in [1.807, 2.05) is 30.3 Å². The van der Waals surface area contributed by atoms with Crippen LogP contribution in [0.25, 0.3) is 10.9 Å². The van der Waals surface area contributed by atoms with Crippen molar-refractivity contribution in [1.82, 2.24) is 24.5 Å². The molecule has 4 aromatic heterocycles. The zero-order valence-corrected chi connectivity index (χ0v) is 23.1. The Morgan fingerprint density at radius 1 is 1.10 bits per heavy atom. The number of fused-ring (bicyclic) bond motifs is 1. The molecule has 1 aliphatic carbocycles. The average Bonchev–Trinajstić information content (AvgIpc) is 3.38. The molecule has 0 aromatic carbocycles. The van der Waals surface area contributed by atoms with Crippen molar-refractivity contribution in [3.05, 3.63) is 59.8 Å². The van der Waals surface area contributed by atoms with Crippen LogP contribution < -0.4 is 19.7 Å². The highest BCUT2D eigenvalue weighted by Crippen LogP contribution is 2.33. The SMILES string of the molecule is C=[N+]([O-])c1ncc(COc2cnc3cc(N4CCOCC4)nc(O[C@H]4CC[C@@H](Nc5ccccn5)CC4)c3c2)n1C. The lowest BCUT2D eigenvalue weighted by Gasteiger charge is -2.31. The molecule has 5 heterocycles. The topological polar surface area (TPSA) is 126 Å². The van der Waals surface area contributed by atoms with Gasteiger partial charge in [-0.1, -0.05) is 11.1 Å². The number of anilines is 2. The molecule has 0 unspecified atom stereocenters. The molecular formula is C29H34N8O4. The zero-order chi connectivity index (χ0) is 28.2. The van der Waals surface area contributed by atoms with Gasteiger partial charge in [0.1, 0.15) is 36.3 Å². The first-order chi connectivity index (χ1) is 20.0. The third-order valence-electron chi connectivity index (χ3n) is 7.58. The van der Waals surface area contributed by atoms with E-state index in [1.165, 1.54) is 0 Å². The van der Waals surface area contributed by atoms with Gasteiger partial charge >= 0.3 is 5.95 Å². The molecule has 2 fully saturated rings. The van der Waals surface area contributed by atoms with Crippen LogP contribution in [0.15, 0.2) is 48.9 Å². The summed E-state index contributed by atoms with van der Waals surface area (Å²) in [6.45, 7) is 6.44. The molecule has 1 N–H and O–H groups in total. The lowest BCUT2D eigenvalue weighted by molar-refractivity contribution is -0.362. The quantitative estimate of drug-likeness (QED) is 0.140.